The summed E-state index contributed by atoms with van der Waals surface area (Å²) in [6.07, 6.45) is 8.73. The van der Waals surface area contributed by atoms with Crippen molar-refractivity contribution in [2.45, 2.75) is 20.8 Å². The van der Waals surface area contributed by atoms with E-state index in [-0.39, 0.29) is 0 Å². The summed E-state index contributed by atoms with van der Waals surface area (Å²) < 4.78 is 0. The molecule has 0 aromatic carbocycles. The van der Waals surface area contributed by atoms with Gasteiger partial charge in [-0.25, -0.2) is 9.97 Å². The standard InChI is InChI=1S/C22H17N7S.C2H6/c1-3-4-15(14-7-10-30-12-14)19-13(2)25-22(27-19)21-20-17(28-29-21)6-5-16(26-20)18-11-23-8-9-24-18;1-2/h3-12H,1H2,2H3,(H,25,27)(H,28,29);1-2H3/b15-4-;. The Balaban J connectivity index is 0.00000119. The number of hydrogen-bond acceptors (Lipinski definition) is 6. The number of aromatic nitrogens is 7. The highest BCUT2D eigenvalue weighted by Crippen LogP contribution is 2.31. The maximum atomic E-state index is 4.86. The second kappa shape index (κ2) is 9.49. The van der Waals surface area contributed by atoms with Crippen LogP contribution in [0.2, 0.25) is 0 Å². The third-order valence-electron chi connectivity index (χ3n) is 4.71. The van der Waals surface area contributed by atoms with E-state index in [1.54, 1.807) is 36.0 Å². The fraction of sp³-hybridized carbons (Fsp3) is 0.125. The van der Waals surface area contributed by atoms with E-state index in [9.17, 15) is 0 Å². The molecular formula is C24H23N7S. The lowest BCUT2D eigenvalue weighted by Gasteiger charge is -2.02. The van der Waals surface area contributed by atoms with Crippen LogP contribution < -0.4 is 0 Å². The zero-order valence-electron chi connectivity index (χ0n) is 18.1. The predicted molar refractivity (Wildman–Crippen MR) is 130 cm³/mol. The molecule has 2 N–H and O–H groups in total. The summed E-state index contributed by atoms with van der Waals surface area (Å²) in [6.45, 7) is 9.85. The zero-order valence-corrected chi connectivity index (χ0v) is 18.9. The van der Waals surface area contributed by atoms with Gasteiger partial charge in [0, 0.05) is 23.7 Å². The summed E-state index contributed by atoms with van der Waals surface area (Å²) in [4.78, 5) is 21.5. The summed E-state index contributed by atoms with van der Waals surface area (Å²) in [7, 11) is 0. The molecule has 0 saturated carbocycles. The van der Waals surface area contributed by atoms with Crippen LogP contribution in [0.5, 0.6) is 0 Å². The number of fused-ring (bicyclic) bond motifs is 1. The van der Waals surface area contributed by atoms with Crippen molar-refractivity contribution in [2.24, 2.45) is 0 Å². The molecule has 0 aliphatic rings. The van der Waals surface area contributed by atoms with Gasteiger partial charge >= 0.3 is 0 Å². The third kappa shape index (κ3) is 4.00. The van der Waals surface area contributed by atoms with Crippen LogP contribution in [0.4, 0.5) is 0 Å². The maximum Gasteiger partial charge on any atom is 0.161 e. The lowest BCUT2D eigenvalue weighted by atomic mass is 10.0. The van der Waals surface area contributed by atoms with Gasteiger partial charge in [0.15, 0.2) is 11.5 Å². The molecule has 5 aromatic rings. The summed E-state index contributed by atoms with van der Waals surface area (Å²) in [5, 5.41) is 11.7. The van der Waals surface area contributed by atoms with Gasteiger partial charge in [-0.05, 0) is 41.4 Å². The Labute approximate surface area is 190 Å². The van der Waals surface area contributed by atoms with E-state index in [4.69, 9.17) is 9.97 Å². The molecule has 0 fully saturated rings. The van der Waals surface area contributed by atoms with Crippen molar-refractivity contribution >= 4 is 27.9 Å². The minimum Gasteiger partial charge on any atom is -0.340 e. The Morgan fingerprint density at radius 1 is 1.09 bits per heavy atom. The molecule has 0 spiro atoms. The molecule has 5 heterocycles. The number of rotatable bonds is 5. The smallest absolute Gasteiger partial charge is 0.161 e. The van der Waals surface area contributed by atoms with E-state index in [0.29, 0.717) is 17.2 Å². The van der Waals surface area contributed by atoms with E-state index in [2.05, 4.69) is 43.2 Å². The van der Waals surface area contributed by atoms with Gasteiger partial charge in [0.2, 0.25) is 0 Å². The van der Waals surface area contributed by atoms with E-state index >= 15 is 0 Å². The number of hydrogen-bond donors (Lipinski definition) is 2. The molecule has 0 aliphatic heterocycles. The average molecular weight is 442 g/mol. The minimum atomic E-state index is 0.655. The molecule has 5 aromatic heterocycles. The van der Waals surface area contributed by atoms with Crippen LogP contribution in [0.25, 0.3) is 39.5 Å². The van der Waals surface area contributed by atoms with Crippen molar-refractivity contribution < 1.29 is 0 Å². The van der Waals surface area contributed by atoms with Gasteiger partial charge in [-0.15, -0.1) is 0 Å². The summed E-state index contributed by atoms with van der Waals surface area (Å²) in [6, 6.07) is 5.91. The number of nitrogens with one attached hydrogen (secondary N) is 2. The molecule has 0 radical (unpaired) electrons. The van der Waals surface area contributed by atoms with Gasteiger partial charge < -0.3 is 4.98 Å². The lowest BCUT2D eigenvalue weighted by Crippen LogP contribution is -1.90. The fourth-order valence-corrected chi connectivity index (χ4v) is 3.98. The minimum absolute atomic E-state index is 0.655. The summed E-state index contributed by atoms with van der Waals surface area (Å²) in [5.74, 6) is 0.655. The van der Waals surface area contributed by atoms with Crippen molar-refractivity contribution in [2.75, 3.05) is 0 Å². The van der Waals surface area contributed by atoms with Crippen LogP contribution in [0.1, 0.15) is 30.8 Å². The highest BCUT2D eigenvalue weighted by molar-refractivity contribution is 7.08. The SMILES string of the molecule is C=C/C=C(/c1ccsc1)c1nc(-c2n[nH]c3ccc(-c4cnccn4)nc23)[nH]c1C.CC. The summed E-state index contributed by atoms with van der Waals surface area (Å²) >= 11 is 1.65. The van der Waals surface area contributed by atoms with Crippen molar-refractivity contribution in [3.05, 3.63) is 83.2 Å². The molecule has 7 nitrogen and oxygen atoms in total. The quantitative estimate of drug-likeness (QED) is 0.335. The Morgan fingerprint density at radius 3 is 2.69 bits per heavy atom. The highest BCUT2D eigenvalue weighted by Gasteiger charge is 2.19. The van der Waals surface area contributed by atoms with E-state index in [1.165, 1.54) is 0 Å². The second-order valence-corrected chi connectivity index (χ2v) is 7.42. The largest absolute Gasteiger partial charge is 0.340 e. The van der Waals surface area contributed by atoms with Crippen molar-refractivity contribution in [1.29, 1.82) is 0 Å². The van der Waals surface area contributed by atoms with Crippen LogP contribution in [0, 0.1) is 6.92 Å². The number of nitrogens with zero attached hydrogens (tertiary/aromatic N) is 5. The van der Waals surface area contributed by atoms with Gasteiger partial charge in [0.05, 0.1) is 23.1 Å². The number of pyridine rings is 1. The molecule has 160 valence electrons. The summed E-state index contributed by atoms with van der Waals surface area (Å²) in [5.41, 5.74) is 7.58. The normalized spacial score (nSPS) is 11.3. The molecule has 32 heavy (non-hydrogen) atoms. The molecule has 0 atom stereocenters. The first kappa shape index (κ1) is 21.3. The Hall–Kier alpha value is -3.91. The maximum absolute atomic E-state index is 4.86. The number of thiophene rings is 1. The zero-order chi connectivity index (χ0) is 22.5. The van der Waals surface area contributed by atoms with Gasteiger partial charge in [-0.3, -0.25) is 15.1 Å². The fourth-order valence-electron chi connectivity index (χ4n) is 3.32. The van der Waals surface area contributed by atoms with Crippen LogP contribution in [0.15, 0.2) is 66.3 Å². The molecule has 5 rings (SSSR count). The monoisotopic (exact) mass is 441 g/mol. The number of aryl methyl sites for hydroxylation is 1. The number of aromatic amines is 2. The van der Waals surface area contributed by atoms with Crippen LogP contribution in [-0.2, 0) is 0 Å². The predicted octanol–water partition coefficient (Wildman–Crippen LogP) is 5.82. The molecule has 8 heteroatoms. The Kier molecular flexibility index (Phi) is 6.32. The van der Waals surface area contributed by atoms with Crippen LogP contribution in [-0.4, -0.2) is 35.1 Å². The Bertz CT molecular complexity index is 1360. The molecule has 0 saturated heterocycles. The molecule has 0 aliphatic carbocycles. The lowest BCUT2D eigenvalue weighted by molar-refractivity contribution is 1.10. The van der Waals surface area contributed by atoms with Crippen molar-refractivity contribution in [1.82, 2.24) is 35.1 Å². The van der Waals surface area contributed by atoms with E-state index in [1.807, 2.05) is 44.4 Å². The van der Waals surface area contributed by atoms with Gasteiger partial charge in [-0.1, -0.05) is 32.6 Å². The van der Waals surface area contributed by atoms with Crippen molar-refractivity contribution in [3.63, 3.8) is 0 Å². The average Bonchev–Trinajstić information content (AvgIpc) is 3.59. The van der Waals surface area contributed by atoms with E-state index < -0.39 is 0 Å². The Morgan fingerprint density at radius 2 is 1.97 bits per heavy atom. The highest BCUT2D eigenvalue weighted by atomic mass is 32.1. The number of imidazole rings is 1. The number of allylic oxidation sites excluding steroid dienone is 2. The van der Waals surface area contributed by atoms with Gasteiger partial charge in [0.25, 0.3) is 0 Å². The molecular weight excluding hydrogens is 418 g/mol. The van der Waals surface area contributed by atoms with Crippen LogP contribution >= 0.6 is 11.3 Å². The van der Waals surface area contributed by atoms with Gasteiger partial charge in [0.1, 0.15) is 11.2 Å². The van der Waals surface area contributed by atoms with Gasteiger partial charge in [-0.2, -0.15) is 16.4 Å². The first-order valence-electron chi connectivity index (χ1n) is 10.3. The molecule has 0 unspecified atom stereocenters. The molecule has 0 bridgehead atoms. The second-order valence-electron chi connectivity index (χ2n) is 6.64. The topological polar surface area (TPSA) is 96.0 Å². The number of H-pyrrole nitrogens is 2. The first-order chi connectivity index (χ1) is 15.7. The van der Waals surface area contributed by atoms with E-state index in [0.717, 1.165) is 39.3 Å². The molecule has 0 amide bonds. The van der Waals surface area contributed by atoms with Crippen molar-refractivity contribution in [3.8, 4) is 22.9 Å². The van der Waals surface area contributed by atoms with Crippen LogP contribution in [0.3, 0.4) is 0 Å². The third-order valence-corrected chi connectivity index (χ3v) is 5.40. The first-order valence-corrected chi connectivity index (χ1v) is 11.2.